The molecule has 0 fully saturated rings. The summed E-state index contributed by atoms with van der Waals surface area (Å²) in [7, 11) is -0.407. The van der Waals surface area contributed by atoms with Crippen LogP contribution in [0.3, 0.4) is 0 Å². The molecule has 0 spiro atoms. The van der Waals surface area contributed by atoms with Crippen LogP contribution in [0.2, 0.25) is 0 Å². The van der Waals surface area contributed by atoms with Gasteiger partial charge in [-0.25, -0.2) is 0 Å². The first-order valence-electron chi connectivity index (χ1n) is 6.77. The first kappa shape index (κ1) is 17.4. The molecule has 0 aliphatic carbocycles. The van der Waals surface area contributed by atoms with Crippen molar-refractivity contribution >= 4 is 7.60 Å². The molecule has 20 heavy (non-hydrogen) atoms. The first-order chi connectivity index (χ1) is 9.24. The molecule has 0 bridgehead atoms. The number of rotatable bonds is 6. The van der Waals surface area contributed by atoms with Gasteiger partial charge in [0.1, 0.15) is 5.78 Å². The normalized spacial score (nSPS) is 15.9. The summed E-state index contributed by atoms with van der Waals surface area (Å²) in [6.45, 7) is 8.48. The Morgan fingerprint density at radius 3 is 2.00 bits per heavy atom. The third kappa shape index (κ3) is 4.16. The van der Waals surface area contributed by atoms with Crippen LogP contribution in [-0.2, 0) is 13.6 Å². The smallest absolute Gasteiger partial charge is 0.311 e. The maximum Gasteiger partial charge on any atom is 0.351 e. The van der Waals surface area contributed by atoms with Crippen LogP contribution in [-0.4, -0.2) is 20.3 Å². The zero-order valence-electron chi connectivity index (χ0n) is 13.2. The van der Waals surface area contributed by atoms with Gasteiger partial charge >= 0.3 is 7.60 Å². The fraction of sp³-hybridized carbons (Fsp3) is 0.600. The number of benzene rings is 1. The molecule has 114 valence electrons. The van der Waals surface area contributed by atoms with Crippen LogP contribution in [0.25, 0.3) is 0 Å². The van der Waals surface area contributed by atoms with E-state index >= 15 is 0 Å². The van der Waals surface area contributed by atoms with Gasteiger partial charge in [0.05, 0.1) is 0 Å². The Balaban J connectivity index is 3.13. The minimum absolute atomic E-state index is 0.0410. The van der Waals surface area contributed by atoms with Gasteiger partial charge < -0.3 is 9.05 Å². The van der Waals surface area contributed by atoms with Crippen molar-refractivity contribution in [2.24, 2.45) is 5.41 Å². The summed E-state index contributed by atoms with van der Waals surface area (Å²) < 4.78 is 23.2. The number of hydrogen-bond donors (Lipinski definition) is 1. The molecule has 0 aromatic heterocycles. The second-order valence-corrected chi connectivity index (χ2v) is 8.30. The zero-order valence-corrected chi connectivity index (χ0v) is 14.1. The molecule has 0 aliphatic rings. The Kier molecular flexibility index (Phi) is 5.96. The minimum Gasteiger partial charge on any atom is -0.311 e. The molecule has 0 saturated heterocycles. The van der Waals surface area contributed by atoms with E-state index in [2.05, 4.69) is 33.0 Å². The first-order valence-corrected chi connectivity index (χ1v) is 8.38. The van der Waals surface area contributed by atoms with E-state index in [9.17, 15) is 4.57 Å². The van der Waals surface area contributed by atoms with Crippen LogP contribution >= 0.6 is 7.60 Å². The van der Waals surface area contributed by atoms with E-state index in [1.807, 2.05) is 30.3 Å². The highest BCUT2D eigenvalue weighted by atomic mass is 31.2. The van der Waals surface area contributed by atoms with Crippen molar-refractivity contribution < 1.29 is 13.6 Å². The van der Waals surface area contributed by atoms with Gasteiger partial charge in [-0.1, -0.05) is 51.1 Å². The molecule has 1 aromatic carbocycles. The Labute approximate surface area is 122 Å². The molecule has 1 unspecified atom stereocenters. The van der Waals surface area contributed by atoms with Crippen molar-refractivity contribution in [2.75, 3.05) is 14.2 Å². The van der Waals surface area contributed by atoms with Crippen molar-refractivity contribution in [1.29, 1.82) is 0 Å². The van der Waals surface area contributed by atoms with Gasteiger partial charge in [0, 0.05) is 20.3 Å². The molecule has 0 aliphatic heterocycles. The molecule has 4 nitrogen and oxygen atoms in total. The van der Waals surface area contributed by atoms with Crippen LogP contribution in [0.5, 0.6) is 0 Å². The van der Waals surface area contributed by atoms with Crippen molar-refractivity contribution in [2.45, 2.75) is 39.5 Å². The highest BCUT2D eigenvalue weighted by Gasteiger charge is 2.37. The van der Waals surface area contributed by atoms with Gasteiger partial charge in [0.15, 0.2) is 0 Å². The van der Waals surface area contributed by atoms with Gasteiger partial charge in [0.25, 0.3) is 0 Å². The summed E-state index contributed by atoms with van der Waals surface area (Å²) in [4.78, 5) is 0. The predicted molar refractivity (Wildman–Crippen MR) is 82.9 cm³/mol. The van der Waals surface area contributed by atoms with Crippen molar-refractivity contribution in [1.82, 2.24) is 5.32 Å². The average molecular weight is 299 g/mol. The van der Waals surface area contributed by atoms with E-state index in [-0.39, 0.29) is 11.5 Å². The van der Waals surface area contributed by atoms with Crippen LogP contribution < -0.4 is 5.32 Å². The summed E-state index contributed by atoms with van der Waals surface area (Å²) in [5.74, 6) is -0.479. The van der Waals surface area contributed by atoms with Gasteiger partial charge in [-0.3, -0.25) is 9.88 Å². The molecule has 1 N–H and O–H groups in total. The van der Waals surface area contributed by atoms with E-state index in [4.69, 9.17) is 9.05 Å². The Morgan fingerprint density at radius 1 is 1.10 bits per heavy atom. The van der Waals surface area contributed by atoms with Gasteiger partial charge in [-0.2, -0.15) is 0 Å². The quantitative estimate of drug-likeness (QED) is 0.800. The summed E-state index contributed by atoms with van der Waals surface area (Å²) in [6, 6.07) is 9.77. The molecule has 5 heteroatoms. The van der Waals surface area contributed by atoms with E-state index in [0.717, 1.165) is 5.56 Å². The Bertz CT molecular complexity index is 448. The fourth-order valence-corrected chi connectivity index (χ4v) is 3.29. The summed E-state index contributed by atoms with van der Waals surface area (Å²) in [5, 5.41) is 3.40. The second-order valence-electron chi connectivity index (χ2n) is 5.97. The molecular formula is C15H26NO3P. The van der Waals surface area contributed by atoms with Crippen LogP contribution in [0, 0.1) is 5.41 Å². The fourth-order valence-electron chi connectivity index (χ4n) is 1.78. The van der Waals surface area contributed by atoms with Crippen LogP contribution in [0.1, 0.15) is 39.0 Å². The third-order valence-corrected chi connectivity index (χ3v) is 5.74. The van der Waals surface area contributed by atoms with Gasteiger partial charge in [-0.15, -0.1) is 0 Å². The summed E-state index contributed by atoms with van der Waals surface area (Å²) in [5.41, 5.74) is 0.940. The highest BCUT2D eigenvalue weighted by molar-refractivity contribution is 7.54. The SMILES string of the molecule is COP(=O)(OC)C(N[C@@H](C)C(C)(C)C)c1ccccc1. The van der Waals surface area contributed by atoms with E-state index in [1.165, 1.54) is 14.2 Å². The predicted octanol–water partition coefficient (Wildman–Crippen LogP) is 4.20. The maximum atomic E-state index is 12.8. The minimum atomic E-state index is -3.25. The molecule has 1 aromatic rings. The third-order valence-electron chi connectivity index (χ3n) is 3.65. The molecule has 0 heterocycles. The Morgan fingerprint density at radius 2 is 1.60 bits per heavy atom. The summed E-state index contributed by atoms with van der Waals surface area (Å²) in [6.07, 6.45) is 0. The van der Waals surface area contributed by atoms with Gasteiger partial charge in [-0.05, 0) is 17.9 Å². The van der Waals surface area contributed by atoms with Crippen LogP contribution in [0.15, 0.2) is 30.3 Å². The summed E-state index contributed by atoms with van der Waals surface area (Å²) >= 11 is 0. The van der Waals surface area contributed by atoms with Crippen LogP contribution in [0.4, 0.5) is 0 Å². The Hall–Kier alpha value is -0.670. The van der Waals surface area contributed by atoms with Crippen molar-refractivity contribution in [3.05, 3.63) is 35.9 Å². The number of hydrogen-bond acceptors (Lipinski definition) is 4. The highest BCUT2D eigenvalue weighted by Crippen LogP contribution is 2.58. The van der Waals surface area contributed by atoms with E-state index < -0.39 is 13.4 Å². The van der Waals surface area contributed by atoms with Crippen molar-refractivity contribution in [3.8, 4) is 0 Å². The second kappa shape index (κ2) is 6.86. The lowest BCUT2D eigenvalue weighted by Gasteiger charge is -2.34. The topological polar surface area (TPSA) is 47.6 Å². The van der Waals surface area contributed by atoms with E-state index in [1.54, 1.807) is 0 Å². The lowest BCUT2D eigenvalue weighted by molar-refractivity contribution is 0.233. The lowest BCUT2D eigenvalue weighted by atomic mass is 9.88. The molecule has 0 radical (unpaired) electrons. The standard InChI is InChI=1S/C15H26NO3P/c1-12(15(2,3)4)16-14(20(17,18-5)19-6)13-10-8-7-9-11-13/h7-12,14,16H,1-6H3/t12-,14?/m0/s1. The molecule has 0 saturated carbocycles. The molecule has 0 amide bonds. The maximum absolute atomic E-state index is 12.8. The monoisotopic (exact) mass is 299 g/mol. The molecule has 2 atom stereocenters. The molecule has 1 rings (SSSR count). The lowest BCUT2D eigenvalue weighted by Crippen LogP contribution is -2.40. The zero-order chi connectivity index (χ0) is 15.4. The van der Waals surface area contributed by atoms with E-state index in [0.29, 0.717) is 0 Å². The largest absolute Gasteiger partial charge is 0.351 e. The van der Waals surface area contributed by atoms with Crippen molar-refractivity contribution in [3.63, 3.8) is 0 Å². The average Bonchev–Trinajstić information content (AvgIpc) is 2.43. The number of nitrogens with one attached hydrogen (secondary N) is 1. The molecular weight excluding hydrogens is 273 g/mol. The van der Waals surface area contributed by atoms with Gasteiger partial charge in [0.2, 0.25) is 0 Å².